The number of aliphatic imine (C=N–C) groups is 1. The van der Waals surface area contributed by atoms with Crippen molar-refractivity contribution in [2.24, 2.45) is 10.9 Å². The van der Waals surface area contributed by atoms with Crippen LogP contribution in [0.3, 0.4) is 0 Å². The van der Waals surface area contributed by atoms with E-state index in [0.717, 1.165) is 19.3 Å². The summed E-state index contributed by atoms with van der Waals surface area (Å²) >= 11 is 0. The Balaban J connectivity index is 0.00000676. The molecule has 6 nitrogen and oxygen atoms in total. The van der Waals surface area contributed by atoms with Gasteiger partial charge in [0.25, 0.3) is 0 Å². The normalized spacial score (nSPS) is 17.2. The first-order valence-electron chi connectivity index (χ1n) is 9.03. The van der Waals surface area contributed by atoms with Gasteiger partial charge in [0.1, 0.15) is 0 Å². The topological polar surface area (TPSA) is 68.8 Å². The van der Waals surface area contributed by atoms with E-state index in [4.69, 9.17) is 0 Å². The number of guanidine groups is 1. The molecule has 0 aromatic carbocycles. The largest absolute Gasteiger partial charge is 0.401 e. The van der Waals surface area contributed by atoms with Crippen molar-refractivity contribution >= 4 is 35.8 Å². The van der Waals surface area contributed by atoms with Gasteiger partial charge in [-0.05, 0) is 59.0 Å². The van der Waals surface area contributed by atoms with E-state index in [2.05, 4.69) is 20.9 Å². The Kier molecular flexibility index (Phi) is 11.6. The number of alkyl halides is 3. The Morgan fingerprint density at radius 2 is 1.74 bits per heavy atom. The summed E-state index contributed by atoms with van der Waals surface area (Å²) in [4.78, 5) is 17.3. The maximum absolute atomic E-state index is 12.4. The fraction of sp³-hybridized carbons (Fsp3) is 0.882. The lowest BCUT2D eigenvalue weighted by Gasteiger charge is -2.32. The van der Waals surface area contributed by atoms with Crippen molar-refractivity contribution in [3.63, 3.8) is 0 Å². The zero-order valence-corrected chi connectivity index (χ0v) is 18.9. The van der Waals surface area contributed by atoms with Crippen molar-refractivity contribution in [2.45, 2.75) is 51.7 Å². The quantitative estimate of drug-likeness (QED) is 0.294. The molecule has 1 heterocycles. The van der Waals surface area contributed by atoms with Gasteiger partial charge < -0.3 is 16.0 Å². The summed E-state index contributed by atoms with van der Waals surface area (Å²) in [6.07, 6.45) is -1.70. The van der Waals surface area contributed by atoms with Crippen molar-refractivity contribution in [3.05, 3.63) is 0 Å². The molecule has 1 fully saturated rings. The number of carbonyl (C=O) groups excluding carboxylic acids is 1. The van der Waals surface area contributed by atoms with Crippen molar-refractivity contribution in [1.82, 2.24) is 20.9 Å². The second-order valence-corrected chi connectivity index (χ2v) is 7.77. The van der Waals surface area contributed by atoms with Gasteiger partial charge in [-0.15, -0.1) is 24.0 Å². The van der Waals surface area contributed by atoms with Gasteiger partial charge >= 0.3 is 6.18 Å². The molecule has 27 heavy (non-hydrogen) atoms. The average molecular weight is 507 g/mol. The molecule has 1 aliphatic rings. The van der Waals surface area contributed by atoms with Crippen LogP contribution in [0.1, 0.15) is 40.0 Å². The third kappa shape index (κ3) is 13.1. The molecule has 10 heteroatoms. The highest BCUT2D eigenvalue weighted by molar-refractivity contribution is 14.0. The molecule has 1 saturated heterocycles. The Morgan fingerprint density at radius 1 is 1.15 bits per heavy atom. The van der Waals surface area contributed by atoms with E-state index >= 15 is 0 Å². The molecule has 0 radical (unpaired) electrons. The minimum absolute atomic E-state index is 0. The van der Waals surface area contributed by atoms with Crippen LogP contribution >= 0.6 is 24.0 Å². The van der Waals surface area contributed by atoms with Crippen molar-refractivity contribution in [2.75, 3.05) is 39.8 Å². The standard InChI is InChI=1S/C17H32F3N5O.HI/c1-16(2,3)24-14(26)11-23-15(21-4)22-8-5-13-6-9-25(10-7-13)12-17(18,19)20;/h13H,5-12H2,1-4H3,(H,24,26)(H2,21,22,23);1H. The predicted octanol–water partition coefficient (Wildman–Crippen LogP) is 2.35. The van der Waals surface area contributed by atoms with Crippen LogP contribution in [0.2, 0.25) is 0 Å². The Morgan fingerprint density at radius 3 is 2.22 bits per heavy atom. The van der Waals surface area contributed by atoms with Crippen molar-refractivity contribution in [3.8, 4) is 0 Å². The number of rotatable bonds is 6. The number of halogens is 4. The first-order valence-corrected chi connectivity index (χ1v) is 9.03. The van der Waals surface area contributed by atoms with E-state index in [9.17, 15) is 18.0 Å². The zero-order chi connectivity index (χ0) is 19.8. The van der Waals surface area contributed by atoms with Crippen molar-refractivity contribution < 1.29 is 18.0 Å². The van der Waals surface area contributed by atoms with Crippen molar-refractivity contribution in [1.29, 1.82) is 0 Å². The van der Waals surface area contributed by atoms with E-state index < -0.39 is 12.7 Å². The van der Waals surface area contributed by atoms with Crippen LogP contribution in [0.25, 0.3) is 0 Å². The number of nitrogens with zero attached hydrogens (tertiary/aromatic N) is 2. The maximum Gasteiger partial charge on any atom is 0.401 e. The molecule has 0 atom stereocenters. The second kappa shape index (κ2) is 11.9. The summed E-state index contributed by atoms with van der Waals surface area (Å²) in [5.41, 5.74) is -0.281. The molecule has 0 aliphatic carbocycles. The second-order valence-electron chi connectivity index (χ2n) is 7.77. The van der Waals surface area contributed by atoms with Gasteiger partial charge in [-0.3, -0.25) is 14.7 Å². The van der Waals surface area contributed by atoms with Crippen LogP contribution in [-0.2, 0) is 4.79 Å². The van der Waals surface area contributed by atoms with Crippen LogP contribution in [0, 0.1) is 5.92 Å². The minimum Gasteiger partial charge on any atom is -0.356 e. The highest BCUT2D eigenvalue weighted by Crippen LogP contribution is 2.23. The number of piperidine rings is 1. The first-order chi connectivity index (χ1) is 12.0. The predicted molar refractivity (Wildman–Crippen MR) is 113 cm³/mol. The Labute approximate surface area is 177 Å². The first kappa shape index (κ1) is 26.2. The van der Waals surface area contributed by atoms with Crippen LogP contribution < -0.4 is 16.0 Å². The monoisotopic (exact) mass is 507 g/mol. The molecule has 0 unspecified atom stereocenters. The lowest BCUT2D eigenvalue weighted by Crippen LogP contribution is -2.48. The summed E-state index contributed by atoms with van der Waals surface area (Å²) in [7, 11) is 1.63. The summed E-state index contributed by atoms with van der Waals surface area (Å²) in [5, 5.41) is 8.96. The van der Waals surface area contributed by atoms with Crippen LogP contribution in [0.15, 0.2) is 4.99 Å². The fourth-order valence-electron chi connectivity index (χ4n) is 2.93. The van der Waals surface area contributed by atoms with Gasteiger partial charge in [-0.2, -0.15) is 13.2 Å². The number of hydrogen-bond donors (Lipinski definition) is 3. The number of nitrogens with one attached hydrogen (secondary N) is 3. The fourth-order valence-corrected chi connectivity index (χ4v) is 2.93. The minimum atomic E-state index is -4.12. The average Bonchev–Trinajstić information content (AvgIpc) is 2.49. The molecule has 3 N–H and O–H groups in total. The van der Waals surface area contributed by atoms with Gasteiger partial charge in [0, 0.05) is 19.1 Å². The molecule has 1 amide bonds. The molecule has 0 aromatic rings. The Hall–Kier alpha value is -0.780. The summed E-state index contributed by atoms with van der Waals surface area (Å²) in [6, 6.07) is 0. The van der Waals surface area contributed by atoms with Crippen LogP contribution in [0.5, 0.6) is 0 Å². The highest BCUT2D eigenvalue weighted by Gasteiger charge is 2.32. The summed E-state index contributed by atoms with van der Waals surface area (Å²) < 4.78 is 37.2. The molecule has 0 saturated carbocycles. The maximum atomic E-state index is 12.4. The zero-order valence-electron chi connectivity index (χ0n) is 16.6. The third-order valence-corrected chi connectivity index (χ3v) is 4.11. The smallest absolute Gasteiger partial charge is 0.356 e. The van der Waals surface area contributed by atoms with E-state index in [1.165, 1.54) is 4.90 Å². The SMILES string of the molecule is CN=C(NCCC1CCN(CC(F)(F)F)CC1)NCC(=O)NC(C)(C)C.I. The lowest BCUT2D eigenvalue weighted by atomic mass is 9.93. The highest BCUT2D eigenvalue weighted by atomic mass is 127. The molecule has 160 valence electrons. The molecular formula is C17H33F3IN5O. The molecule has 0 spiro atoms. The summed E-state index contributed by atoms with van der Waals surface area (Å²) in [6.45, 7) is 6.71. The van der Waals surface area contributed by atoms with E-state index in [-0.39, 0.29) is 42.0 Å². The molecule has 0 aromatic heterocycles. The van der Waals surface area contributed by atoms with Gasteiger partial charge in [0.2, 0.25) is 5.91 Å². The molecule has 1 aliphatic heterocycles. The Bertz CT molecular complexity index is 472. The van der Waals surface area contributed by atoms with Gasteiger partial charge in [-0.1, -0.05) is 0 Å². The van der Waals surface area contributed by atoms with E-state index in [1.54, 1.807) is 7.05 Å². The molecular weight excluding hydrogens is 474 g/mol. The number of likely N-dealkylation sites (tertiary alicyclic amines) is 1. The van der Waals surface area contributed by atoms with Crippen LogP contribution in [0.4, 0.5) is 13.2 Å². The van der Waals surface area contributed by atoms with E-state index in [1.807, 2.05) is 20.8 Å². The number of carbonyl (C=O) groups is 1. The number of hydrogen-bond acceptors (Lipinski definition) is 3. The lowest BCUT2D eigenvalue weighted by molar-refractivity contribution is -0.148. The third-order valence-electron chi connectivity index (χ3n) is 4.11. The van der Waals surface area contributed by atoms with E-state index in [0.29, 0.717) is 31.5 Å². The van der Waals surface area contributed by atoms with Crippen LogP contribution in [-0.4, -0.2) is 68.3 Å². The van der Waals surface area contributed by atoms with Gasteiger partial charge in [0.05, 0.1) is 13.1 Å². The number of amides is 1. The van der Waals surface area contributed by atoms with Gasteiger partial charge in [-0.25, -0.2) is 0 Å². The molecule has 0 bridgehead atoms. The van der Waals surface area contributed by atoms with Gasteiger partial charge in [0.15, 0.2) is 5.96 Å². The molecule has 1 rings (SSSR count). The summed E-state index contributed by atoms with van der Waals surface area (Å²) in [5.74, 6) is 0.843.